The number of para-hydroxylation sites is 1. The van der Waals surface area contributed by atoms with E-state index in [1.807, 2.05) is 6.20 Å². The number of imidazole rings is 1. The third kappa shape index (κ3) is 1.28. The number of nitrogens with zero attached hydrogens (tertiary/aromatic N) is 2. The Bertz CT molecular complexity index is 528. The molecule has 2 heterocycles. The Morgan fingerprint density at radius 3 is 3.06 bits per heavy atom. The highest BCUT2D eigenvalue weighted by molar-refractivity contribution is 5.45. The maximum Gasteiger partial charge on any atom is 0.130 e. The van der Waals surface area contributed by atoms with Gasteiger partial charge in [-0.05, 0) is 31.4 Å². The standard InChI is InChI=1S/C13H15N3/c1-9-8-15-13-11(14)7-6-10-4-2-3-5-12(10)16(9)13/h2-5,8,11H,6-7,14H2,1H3. The van der Waals surface area contributed by atoms with Gasteiger partial charge >= 0.3 is 0 Å². The number of rotatable bonds is 0. The predicted octanol–water partition coefficient (Wildman–Crippen LogP) is 2.13. The van der Waals surface area contributed by atoms with Crippen LogP contribution in [0.25, 0.3) is 5.69 Å². The van der Waals surface area contributed by atoms with Crippen LogP contribution < -0.4 is 5.73 Å². The van der Waals surface area contributed by atoms with Crippen LogP contribution in [0.1, 0.15) is 29.5 Å². The molecule has 2 N–H and O–H groups in total. The maximum atomic E-state index is 6.16. The van der Waals surface area contributed by atoms with Crippen LogP contribution in [0.2, 0.25) is 0 Å². The first-order valence-electron chi connectivity index (χ1n) is 5.65. The molecule has 0 aliphatic carbocycles. The SMILES string of the molecule is Cc1cnc2n1-c1ccccc1CCC2N. The average Bonchev–Trinajstić information content (AvgIpc) is 2.61. The van der Waals surface area contributed by atoms with Crippen molar-refractivity contribution in [2.45, 2.75) is 25.8 Å². The van der Waals surface area contributed by atoms with Crippen molar-refractivity contribution >= 4 is 0 Å². The zero-order valence-electron chi connectivity index (χ0n) is 9.35. The van der Waals surface area contributed by atoms with Gasteiger partial charge in [-0.2, -0.15) is 0 Å². The fraction of sp³-hybridized carbons (Fsp3) is 0.308. The van der Waals surface area contributed by atoms with Crippen LogP contribution in [0.4, 0.5) is 0 Å². The molecule has 0 saturated heterocycles. The summed E-state index contributed by atoms with van der Waals surface area (Å²) in [4.78, 5) is 4.43. The van der Waals surface area contributed by atoms with Gasteiger partial charge in [-0.15, -0.1) is 0 Å². The Balaban J connectivity index is 2.31. The Morgan fingerprint density at radius 2 is 2.19 bits per heavy atom. The molecule has 1 atom stereocenters. The number of benzene rings is 1. The quantitative estimate of drug-likeness (QED) is 0.728. The van der Waals surface area contributed by atoms with Gasteiger partial charge in [-0.25, -0.2) is 4.98 Å². The second-order valence-corrected chi connectivity index (χ2v) is 4.37. The zero-order chi connectivity index (χ0) is 11.1. The third-order valence-corrected chi connectivity index (χ3v) is 3.25. The molecule has 1 aromatic heterocycles. The maximum absolute atomic E-state index is 6.16. The number of hydrogen-bond donors (Lipinski definition) is 1. The van der Waals surface area contributed by atoms with E-state index in [0.29, 0.717) is 0 Å². The second-order valence-electron chi connectivity index (χ2n) is 4.37. The first-order valence-corrected chi connectivity index (χ1v) is 5.65. The summed E-state index contributed by atoms with van der Waals surface area (Å²) in [6, 6.07) is 8.52. The van der Waals surface area contributed by atoms with E-state index in [0.717, 1.165) is 24.4 Å². The van der Waals surface area contributed by atoms with Crippen molar-refractivity contribution in [3.05, 3.63) is 47.5 Å². The first-order chi connectivity index (χ1) is 7.77. The van der Waals surface area contributed by atoms with Crippen molar-refractivity contribution in [1.82, 2.24) is 9.55 Å². The molecule has 0 amide bonds. The summed E-state index contributed by atoms with van der Waals surface area (Å²) in [6.07, 6.45) is 3.89. The second kappa shape index (κ2) is 3.46. The largest absolute Gasteiger partial charge is 0.321 e. The lowest BCUT2D eigenvalue weighted by molar-refractivity contribution is 0.619. The number of nitrogens with two attached hydrogens (primary N) is 1. The Morgan fingerprint density at radius 1 is 1.38 bits per heavy atom. The molecule has 16 heavy (non-hydrogen) atoms. The fourth-order valence-corrected chi connectivity index (χ4v) is 2.41. The van der Waals surface area contributed by atoms with Crippen molar-refractivity contribution in [3.63, 3.8) is 0 Å². The molecule has 3 rings (SSSR count). The molecule has 0 saturated carbocycles. The molecule has 0 bridgehead atoms. The number of hydrogen-bond acceptors (Lipinski definition) is 2. The molecule has 1 aromatic carbocycles. The van der Waals surface area contributed by atoms with Crippen LogP contribution in [-0.2, 0) is 6.42 Å². The summed E-state index contributed by atoms with van der Waals surface area (Å²) in [5.41, 5.74) is 9.90. The van der Waals surface area contributed by atoms with E-state index in [4.69, 9.17) is 5.73 Å². The van der Waals surface area contributed by atoms with Crippen molar-refractivity contribution in [1.29, 1.82) is 0 Å². The van der Waals surface area contributed by atoms with Gasteiger partial charge in [0, 0.05) is 11.9 Å². The molecular weight excluding hydrogens is 198 g/mol. The summed E-state index contributed by atoms with van der Waals surface area (Å²) in [5, 5.41) is 0. The van der Waals surface area contributed by atoms with Crippen LogP contribution in [0.15, 0.2) is 30.5 Å². The molecule has 1 unspecified atom stereocenters. The minimum absolute atomic E-state index is 0.0427. The lowest BCUT2D eigenvalue weighted by Gasteiger charge is -2.11. The average molecular weight is 213 g/mol. The third-order valence-electron chi connectivity index (χ3n) is 3.25. The number of aromatic nitrogens is 2. The van der Waals surface area contributed by atoms with E-state index in [1.54, 1.807) is 0 Å². The number of aryl methyl sites for hydroxylation is 2. The molecular formula is C13H15N3. The van der Waals surface area contributed by atoms with Crippen LogP contribution in [0.3, 0.4) is 0 Å². The highest BCUT2D eigenvalue weighted by Crippen LogP contribution is 2.28. The highest BCUT2D eigenvalue weighted by Gasteiger charge is 2.21. The normalized spacial score (nSPS) is 18.8. The molecule has 0 spiro atoms. The van der Waals surface area contributed by atoms with Gasteiger partial charge in [0.1, 0.15) is 5.82 Å². The Labute approximate surface area is 94.9 Å². The molecule has 1 aliphatic heterocycles. The van der Waals surface area contributed by atoms with Gasteiger partial charge in [-0.3, -0.25) is 4.57 Å². The van der Waals surface area contributed by atoms with Gasteiger partial charge in [0.15, 0.2) is 0 Å². The van der Waals surface area contributed by atoms with Gasteiger partial charge in [0.05, 0.1) is 11.7 Å². The Hall–Kier alpha value is -1.61. The van der Waals surface area contributed by atoms with E-state index in [9.17, 15) is 0 Å². The van der Waals surface area contributed by atoms with Crippen LogP contribution >= 0.6 is 0 Å². The van der Waals surface area contributed by atoms with E-state index in [1.165, 1.54) is 11.3 Å². The molecule has 1 aliphatic rings. The van der Waals surface area contributed by atoms with Crippen LogP contribution in [0.5, 0.6) is 0 Å². The van der Waals surface area contributed by atoms with Gasteiger partial charge in [0.25, 0.3) is 0 Å². The zero-order valence-corrected chi connectivity index (χ0v) is 9.35. The molecule has 2 aromatic rings. The Kier molecular flexibility index (Phi) is 2.07. The van der Waals surface area contributed by atoms with Crippen molar-refractivity contribution in [3.8, 4) is 5.69 Å². The monoisotopic (exact) mass is 213 g/mol. The van der Waals surface area contributed by atoms with Gasteiger partial charge in [0.2, 0.25) is 0 Å². The van der Waals surface area contributed by atoms with Crippen molar-refractivity contribution in [2.75, 3.05) is 0 Å². The van der Waals surface area contributed by atoms with Crippen LogP contribution in [0, 0.1) is 6.92 Å². The van der Waals surface area contributed by atoms with Crippen molar-refractivity contribution in [2.24, 2.45) is 5.73 Å². The van der Waals surface area contributed by atoms with E-state index in [-0.39, 0.29) is 6.04 Å². The lowest BCUT2D eigenvalue weighted by Crippen LogP contribution is -2.14. The summed E-state index contributed by atoms with van der Waals surface area (Å²) in [7, 11) is 0. The smallest absolute Gasteiger partial charge is 0.130 e. The minimum Gasteiger partial charge on any atom is -0.321 e. The van der Waals surface area contributed by atoms with Crippen LogP contribution in [-0.4, -0.2) is 9.55 Å². The summed E-state index contributed by atoms with van der Waals surface area (Å²) in [6.45, 7) is 2.07. The van der Waals surface area contributed by atoms with E-state index < -0.39 is 0 Å². The topological polar surface area (TPSA) is 43.8 Å². The molecule has 82 valence electrons. The van der Waals surface area contributed by atoms with Gasteiger partial charge < -0.3 is 5.73 Å². The van der Waals surface area contributed by atoms with Gasteiger partial charge in [-0.1, -0.05) is 18.2 Å². The predicted molar refractivity (Wildman–Crippen MR) is 63.6 cm³/mol. The highest BCUT2D eigenvalue weighted by atomic mass is 15.1. The molecule has 3 nitrogen and oxygen atoms in total. The summed E-state index contributed by atoms with van der Waals surface area (Å²) >= 11 is 0. The molecule has 0 radical (unpaired) electrons. The van der Waals surface area contributed by atoms with Crippen molar-refractivity contribution < 1.29 is 0 Å². The summed E-state index contributed by atoms with van der Waals surface area (Å²) < 4.78 is 2.19. The molecule has 0 fully saturated rings. The van der Waals surface area contributed by atoms with E-state index in [2.05, 4.69) is 40.7 Å². The fourth-order valence-electron chi connectivity index (χ4n) is 2.41. The summed E-state index contributed by atoms with van der Waals surface area (Å²) in [5.74, 6) is 0.988. The first kappa shape index (κ1) is 9.60. The number of fused-ring (bicyclic) bond motifs is 3. The lowest BCUT2D eigenvalue weighted by atomic mass is 10.1. The van der Waals surface area contributed by atoms with E-state index >= 15 is 0 Å². The molecule has 3 heteroatoms. The minimum atomic E-state index is 0.0427.